The normalized spacial score (nSPS) is 18.0. The molecule has 220 valence electrons. The molecule has 1 unspecified atom stereocenters. The summed E-state index contributed by atoms with van der Waals surface area (Å²) in [5.41, 5.74) is 8.02. The van der Waals surface area contributed by atoms with Crippen molar-refractivity contribution in [3.8, 4) is 16.9 Å². The van der Waals surface area contributed by atoms with Gasteiger partial charge in [-0.3, -0.25) is 10.2 Å². The zero-order valence-corrected chi connectivity index (χ0v) is 25.4. The molecule has 2 saturated heterocycles. The van der Waals surface area contributed by atoms with Crippen LogP contribution in [0.2, 0.25) is 10.0 Å². The lowest BCUT2D eigenvalue weighted by molar-refractivity contribution is -0.162. The van der Waals surface area contributed by atoms with E-state index in [4.69, 9.17) is 37.8 Å². The highest BCUT2D eigenvalue weighted by Gasteiger charge is 2.25. The number of ether oxygens (including phenoxy) is 2. The van der Waals surface area contributed by atoms with Crippen molar-refractivity contribution in [3.05, 3.63) is 69.3 Å². The maximum Gasteiger partial charge on any atom is 0.286 e. The Labute approximate surface area is 253 Å². The van der Waals surface area contributed by atoms with Gasteiger partial charge in [-0.1, -0.05) is 60.3 Å². The molecular weight excluding hydrogens is 559 g/mol. The number of hydrogen-bond donors (Lipinski definition) is 1. The molecule has 3 aromatic rings. The highest BCUT2D eigenvalue weighted by molar-refractivity contribution is 6.35. The van der Waals surface area contributed by atoms with Crippen molar-refractivity contribution in [3.63, 3.8) is 0 Å². The summed E-state index contributed by atoms with van der Waals surface area (Å²) in [6.45, 7) is 5.23. The Morgan fingerprint density at radius 2 is 1.83 bits per heavy atom. The number of hydrogen-bond acceptors (Lipinski definition) is 5. The molecule has 0 saturated carbocycles. The summed E-state index contributed by atoms with van der Waals surface area (Å²) < 4.78 is 13.3. The minimum Gasteiger partial charge on any atom is -0.353 e. The number of rotatable bonds is 11. The fraction of sp³-hybridized carbons (Fsp3) is 0.500. The second kappa shape index (κ2) is 14.7. The van der Waals surface area contributed by atoms with E-state index in [0.29, 0.717) is 21.4 Å². The molecule has 2 aliphatic rings. The first-order valence-electron chi connectivity index (χ1n) is 14.9. The van der Waals surface area contributed by atoms with Crippen LogP contribution in [0.25, 0.3) is 16.9 Å². The molecular formula is C32H40Cl2N4O3. The van der Waals surface area contributed by atoms with E-state index in [1.165, 1.54) is 18.4 Å². The first-order chi connectivity index (χ1) is 20.0. The van der Waals surface area contributed by atoms with Crippen molar-refractivity contribution in [2.24, 2.45) is 0 Å². The van der Waals surface area contributed by atoms with Crippen molar-refractivity contribution in [1.82, 2.24) is 20.2 Å². The first kappa shape index (κ1) is 30.1. The molecule has 9 heteroatoms. The summed E-state index contributed by atoms with van der Waals surface area (Å²) in [6, 6.07) is 13.9. The highest BCUT2D eigenvalue weighted by Crippen LogP contribution is 2.33. The Morgan fingerprint density at radius 3 is 2.56 bits per heavy atom. The molecule has 0 bridgehead atoms. The van der Waals surface area contributed by atoms with Gasteiger partial charge in [0, 0.05) is 42.5 Å². The number of aryl methyl sites for hydroxylation is 1. The molecule has 1 atom stereocenters. The van der Waals surface area contributed by atoms with Crippen LogP contribution in [-0.2, 0) is 15.9 Å². The largest absolute Gasteiger partial charge is 0.353 e. The third kappa shape index (κ3) is 7.90. The minimum atomic E-state index is -0.204. The molecule has 0 aliphatic carbocycles. The van der Waals surface area contributed by atoms with Gasteiger partial charge in [0.25, 0.3) is 5.91 Å². The van der Waals surface area contributed by atoms with Crippen LogP contribution in [-0.4, -0.2) is 53.3 Å². The predicted molar refractivity (Wildman–Crippen MR) is 164 cm³/mol. The summed E-state index contributed by atoms with van der Waals surface area (Å²) >= 11 is 12.8. The second-order valence-electron chi connectivity index (χ2n) is 11.0. The van der Waals surface area contributed by atoms with Crippen molar-refractivity contribution in [2.75, 3.05) is 26.3 Å². The molecule has 2 fully saturated rings. The number of aromatic nitrogens is 2. The fourth-order valence-corrected chi connectivity index (χ4v) is 6.06. The van der Waals surface area contributed by atoms with Crippen LogP contribution in [0.3, 0.4) is 0 Å². The van der Waals surface area contributed by atoms with Crippen LogP contribution in [0.15, 0.2) is 42.5 Å². The SMILES string of the molecule is Cc1c(C(=O)NN2CCCCC2)nn(-c2ccc(Cl)cc2Cl)c1-c1ccc(CCCCCOC2CCCCO2)cc1. The van der Waals surface area contributed by atoms with Crippen LogP contribution in [0.5, 0.6) is 0 Å². The van der Waals surface area contributed by atoms with E-state index in [-0.39, 0.29) is 12.2 Å². The Bertz CT molecular complexity index is 1300. The number of carbonyl (C=O) groups excluding carboxylic acids is 1. The number of nitrogens with zero attached hydrogens (tertiary/aromatic N) is 3. The molecule has 0 radical (unpaired) electrons. The summed E-state index contributed by atoms with van der Waals surface area (Å²) in [5, 5.41) is 7.79. The number of hydrazine groups is 1. The monoisotopic (exact) mass is 598 g/mol. The maximum atomic E-state index is 13.3. The van der Waals surface area contributed by atoms with Crippen molar-refractivity contribution < 1.29 is 14.3 Å². The number of benzene rings is 2. The average molecular weight is 600 g/mol. The average Bonchev–Trinajstić information content (AvgIpc) is 3.33. The standard InChI is InChI=1S/C32H40Cl2N4O3/c1-23-30(32(39)36-37-18-6-3-7-19-37)35-38(28-17-16-26(33)22-27(28)34)31(23)25-14-12-24(13-15-25)10-4-2-8-20-40-29-11-5-9-21-41-29/h12-17,22,29H,2-11,18-21H2,1H3,(H,36,39). The number of amides is 1. The van der Waals surface area contributed by atoms with E-state index in [1.807, 2.05) is 18.0 Å². The Morgan fingerprint density at radius 1 is 1.02 bits per heavy atom. The minimum absolute atomic E-state index is 0.00713. The van der Waals surface area contributed by atoms with E-state index >= 15 is 0 Å². The van der Waals surface area contributed by atoms with E-state index < -0.39 is 0 Å². The van der Waals surface area contributed by atoms with Gasteiger partial charge in [0.05, 0.1) is 16.4 Å². The third-order valence-corrected chi connectivity index (χ3v) is 8.41. The number of unbranched alkanes of at least 4 members (excludes halogenated alkanes) is 2. The van der Waals surface area contributed by atoms with Gasteiger partial charge in [-0.15, -0.1) is 0 Å². The molecule has 7 nitrogen and oxygen atoms in total. The lowest BCUT2D eigenvalue weighted by Gasteiger charge is -2.26. The van der Waals surface area contributed by atoms with E-state index in [1.54, 1.807) is 16.8 Å². The smallest absolute Gasteiger partial charge is 0.286 e. The van der Waals surface area contributed by atoms with Gasteiger partial charge in [0.15, 0.2) is 12.0 Å². The van der Waals surface area contributed by atoms with Gasteiger partial charge < -0.3 is 9.47 Å². The third-order valence-electron chi connectivity index (χ3n) is 7.87. The van der Waals surface area contributed by atoms with Crippen molar-refractivity contribution in [1.29, 1.82) is 0 Å². The summed E-state index contributed by atoms with van der Waals surface area (Å²) in [5.74, 6) is -0.204. The zero-order chi connectivity index (χ0) is 28.6. The molecule has 1 aromatic heterocycles. The molecule has 3 heterocycles. The molecule has 41 heavy (non-hydrogen) atoms. The van der Waals surface area contributed by atoms with Crippen LogP contribution in [0.1, 0.15) is 79.4 Å². The Balaban J connectivity index is 1.28. The first-order valence-corrected chi connectivity index (χ1v) is 15.7. The maximum absolute atomic E-state index is 13.3. The van der Waals surface area contributed by atoms with Gasteiger partial charge in [0.2, 0.25) is 0 Å². The van der Waals surface area contributed by atoms with Crippen molar-refractivity contribution >= 4 is 29.1 Å². The van der Waals surface area contributed by atoms with Crippen LogP contribution in [0, 0.1) is 6.92 Å². The predicted octanol–water partition coefficient (Wildman–Crippen LogP) is 7.54. The van der Waals surface area contributed by atoms with Crippen molar-refractivity contribution in [2.45, 2.75) is 77.4 Å². The number of carbonyl (C=O) groups is 1. The van der Waals surface area contributed by atoms with Gasteiger partial charge in [-0.05, 0) is 82.1 Å². The van der Waals surface area contributed by atoms with Gasteiger partial charge in [0.1, 0.15) is 0 Å². The van der Waals surface area contributed by atoms with Gasteiger partial charge >= 0.3 is 0 Å². The summed E-state index contributed by atoms with van der Waals surface area (Å²) in [7, 11) is 0. The summed E-state index contributed by atoms with van der Waals surface area (Å²) in [6.07, 6.45) is 11.0. The topological polar surface area (TPSA) is 68.6 Å². The van der Waals surface area contributed by atoms with E-state index in [0.717, 1.165) is 94.5 Å². The molecule has 0 spiro atoms. The van der Waals surface area contributed by atoms with E-state index in [2.05, 4.69) is 29.7 Å². The van der Waals surface area contributed by atoms with Crippen LogP contribution >= 0.6 is 23.2 Å². The van der Waals surface area contributed by atoms with E-state index in [9.17, 15) is 4.79 Å². The lowest BCUT2D eigenvalue weighted by atomic mass is 10.0. The number of halogens is 2. The number of nitrogens with one attached hydrogen (secondary N) is 1. The van der Waals surface area contributed by atoms with Crippen LogP contribution < -0.4 is 5.43 Å². The molecule has 1 N–H and O–H groups in total. The van der Waals surface area contributed by atoms with Gasteiger partial charge in [-0.25, -0.2) is 9.69 Å². The molecule has 1 amide bonds. The molecule has 2 aliphatic heterocycles. The Kier molecular flexibility index (Phi) is 10.7. The van der Waals surface area contributed by atoms with Gasteiger partial charge in [-0.2, -0.15) is 5.10 Å². The lowest BCUT2D eigenvalue weighted by Crippen LogP contribution is -2.45. The number of piperidine rings is 1. The summed E-state index contributed by atoms with van der Waals surface area (Å²) in [4.78, 5) is 13.3. The second-order valence-corrected chi connectivity index (χ2v) is 11.8. The quantitative estimate of drug-likeness (QED) is 0.231. The zero-order valence-electron chi connectivity index (χ0n) is 23.8. The van der Waals surface area contributed by atoms with Crippen LogP contribution in [0.4, 0.5) is 0 Å². The fourth-order valence-electron chi connectivity index (χ4n) is 5.57. The molecule has 5 rings (SSSR count). The highest BCUT2D eigenvalue weighted by atomic mass is 35.5. The molecule has 2 aromatic carbocycles. The Hall–Kier alpha value is -2.42.